The molecule has 0 saturated carbocycles. The fraction of sp³-hybridized carbons (Fsp3) is 0.440. The summed E-state index contributed by atoms with van der Waals surface area (Å²) in [5.74, 6) is -2.82. The molecule has 0 aromatic heterocycles. The van der Waals surface area contributed by atoms with Crippen LogP contribution in [0.2, 0.25) is 0 Å². The number of nitrogens with one attached hydrogen (secondary N) is 3. The number of halogens is 3. The van der Waals surface area contributed by atoms with Crippen molar-refractivity contribution in [2.24, 2.45) is 10.9 Å². The highest BCUT2D eigenvalue weighted by Crippen LogP contribution is 2.28. The first-order chi connectivity index (χ1) is 16.2. The summed E-state index contributed by atoms with van der Waals surface area (Å²) in [5, 5.41) is 8.86. The molecular weight excluding hydrogens is 443 g/mol. The van der Waals surface area contributed by atoms with Gasteiger partial charge in [-0.2, -0.15) is 0 Å². The number of hydrogen-bond donors (Lipinski definition) is 3. The van der Waals surface area contributed by atoms with E-state index >= 15 is 0 Å². The average Bonchev–Trinajstić information content (AvgIpc) is 2.80. The summed E-state index contributed by atoms with van der Waals surface area (Å²) < 4.78 is 41.6. The van der Waals surface area contributed by atoms with Crippen LogP contribution < -0.4 is 16.0 Å². The van der Waals surface area contributed by atoms with Crippen LogP contribution in [0, 0.1) is 23.4 Å². The van der Waals surface area contributed by atoms with Gasteiger partial charge in [-0.3, -0.25) is 20.0 Å². The van der Waals surface area contributed by atoms with E-state index in [4.69, 9.17) is 0 Å². The van der Waals surface area contributed by atoms with Crippen LogP contribution >= 0.6 is 0 Å². The third kappa shape index (κ3) is 7.21. The highest BCUT2D eigenvalue weighted by Gasteiger charge is 2.25. The summed E-state index contributed by atoms with van der Waals surface area (Å²) in [5.41, 5.74) is 0.943. The lowest BCUT2D eigenvalue weighted by Crippen LogP contribution is -2.48. The predicted octanol–water partition coefficient (Wildman–Crippen LogP) is 4.91. The number of benzene rings is 2. The minimum atomic E-state index is -1.11. The van der Waals surface area contributed by atoms with E-state index in [2.05, 4.69) is 25.8 Å². The predicted molar refractivity (Wildman–Crippen MR) is 130 cm³/mol. The molecular formula is C25H34F3N5O. The van der Waals surface area contributed by atoms with Crippen molar-refractivity contribution in [2.75, 3.05) is 32.0 Å². The number of carbonyl (C=O) groups excluding carboxylic acids is 1. The van der Waals surface area contributed by atoms with Gasteiger partial charge in [0.25, 0.3) is 5.91 Å². The van der Waals surface area contributed by atoms with E-state index in [0.717, 1.165) is 18.6 Å². The fourth-order valence-electron chi connectivity index (χ4n) is 3.50. The molecule has 0 bridgehead atoms. The Morgan fingerprint density at radius 3 is 2.38 bits per heavy atom. The number of para-hydroxylation sites is 1. The molecule has 1 amide bonds. The molecule has 0 aliphatic rings. The minimum Gasteiger partial charge on any atom is -0.385 e. The van der Waals surface area contributed by atoms with E-state index in [0.29, 0.717) is 30.9 Å². The topological polar surface area (TPSA) is 68.8 Å². The van der Waals surface area contributed by atoms with Crippen molar-refractivity contribution in [1.29, 1.82) is 0 Å². The van der Waals surface area contributed by atoms with E-state index in [1.807, 2.05) is 33.8 Å². The van der Waals surface area contributed by atoms with Crippen molar-refractivity contribution in [3.05, 3.63) is 65.0 Å². The number of nitrogens with zero attached hydrogens (tertiary/aromatic N) is 2. The van der Waals surface area contributed by atoms with Gasteiger partial charge in [0, 0.05) is 31.3 Å². The third-order valence-electron chi connectivity index (χ3n) is 5.17. The summed E-state index contributed by atoms with van der Waals surface area (Å²) >= 11 is 0. The van der Waals surface area contributed by atoms with Gasteiger partial charge in [-0.1, -0.05) is 39.8 Å². The molecule has 6 nitrogen and oxygen atoms in total. The number of guanidine groups is 1. The summed E-state index contributed by atoms with van der Waals surface area (Å²) in [6.45, 7) is 9.78. The van der Waals surface area contributed by atoms with Gasteiger partial charge in [0.05, 0.1) is 5.69 Å². The molecule has 2 rings (SSSR count). The van der Waals surface area contributed by atoms with E-state index < -0.39 is 29.5 Å². The maximum absolute atomic E-state index is 14.6. The summed E-state index contributed by atoms with van der Waals surface area (Å²) in [6.07, 6.45) is 0.342. The van der Waals surface area contributed by atoms with Crippen LogP contribution in [0.1, 0.15) is 56.2 Å². The number of amides is 1. The Labute approximate surface area is 199 Å². The monoisotopic (exact) mass is 477 g/mol. The van der Waals surface area contributed by atoms with Crippen LogP contribution in [-0.2, 0) is 0 Å². The van der Waals surface area contributed by atoms with E-state index in [1.54, 1.807) is 13.1 Å². The molecule has 1 atom stereocenters. The molecule has 0 spiro atoms. The Bertz CT molecular complexity index is 997. The number of aliphatic imine (C=N–C) groups is 1. The Morgan fingerprint density at radius 2 is 1.79 bits per heavy atom. The highest BCUT2D eigenvalue weighted by atomic mass is 19.2. The summed E-state index contributed by atoms with van der Waals surface area (Å²) in [6, 6.07) is 7.75. The Balaban J connectivity index is 2.46. The molecule has 0 aliphatic carbocycles. The van der Waals surface area contributed by atoms with Gasteiger partial charge in [0.15, 0.2) is 17.6 Å². The normalized spacial score (nSPS) is 12.7. The lowest BCUT2D eigenvalue weighted by atomic mass is 10.1. The zero-order valence-corrected chi connectivity index (χ0v) is 20.4. The second-order valence-electron chi connectivity index (χ2n) is 8.30. The van der Waals surface area contributed by atoms with Crippen LogP contribution in [0.3, 0.4) is 0 Å². The molecule has 186 valence electrons. The van der Waals surface area contributed by atoms with Crippen molar-refractivity contribution in [3.63, 3.8) is 0 Å². The first-order valence-electron chi connectivity index (χ1n) is 11.5. The lowest BCUT2D eigenvalue weighted by molar-refractivity contribution is 0.0973. The van der Waals surface area contributed by atoms with Crippen molar-refractivity contribution in [1.82, 2.24) is 15.5 Å². The molecule has 2 aromatic rings. The Morgan fingerprint density at radius 1 is 1.06 bits per heavy atom. The van der Waals surface area contributed by atoms with Crippen molar-refractivity contribution >= 4 is 17.6 Å². The number of hydrogen-bond acceptors (Lipinski definition) is 4. The van der Waals surface area contributed by atoms with Crippen molar-refractivity contribution < 1.29 is 18.0 Å². The van der Waals surface area contributed by atoms with Gasteiger partial charge in [-0.15, -0.1) is 0 Å². The number of carbonyl (C=O) groups is 1. The van der Waals surface area contributed by atoms with Crippen molar-refractivity contribution in [3.8, 4) is 0 Å². The highest BCUT2D eigenvalue weighted by molar-refractivity contribution is 6.05. The van der Waals surface area contributed by atoms with Gasteiger partial charge in [0.2, 0.25) is 0 Å². The molecule has 9 heteroatoms. The fourth-order valence-corrected chi connectivity index (χ4v) is 3.50. The van der Waals surface area contributed by atoms with Gasteiger partial charge in [0.1, 0.15) is 12.0 Å². The molecule has 34 heavy (non-hydrogen) atoms. The first kappa shape index (κ1) is 27.2. The van der Waals surface area contributed by atoms with Crippen LogP contribution in [-0.4, -0.2) is 43.4 Å². The summed E-state index contributed by atoms with van der Waals surface area (Å²) in [7, 11) is 1.65. The molecule has 0 heterocycles. The smallest absolute Gasteiger partial charge is 0.258 e. The van der Waals surface area contributed by atoms with E-state index in [-0.39, 0.29) is 17.4 Å². The second-order valence-corrected chi connectivity index (χ2v) is 8.30. The molecule has 0 radical (unpaired) electrons. The summed E-state index contributed by atoms with van der Waals surface area (Å²) in [4.78, 5) is 19.4. The average molecular weight is 478 g/mol. The SMILES string of the molecule is CCCN(CC)C(NC(=NCC(C)C)NC(=O)c1ccc(F)c(F)c1)c1cccc(F)c1NC. The standard InChI is InChI=1S/C25H34F3N5O/c1-6-13-33(7-2)23(18-9-8-10-20(27)22(18)29-5)31-25(30-15-16(3)4)32-24(34)17-11-12-19(26)21(28)14-17/h8-12,14,16,23,29H,6-7,13,15H2,1-5H3,(H2,30,31,32,34). The van der Waals surface area contributed by atoms with Crippen LogP contribution in [0.25, 0.3) is 0 Å². The molecule has 0 fully saturated rings. The van der Waals surface area contributed by atoms with Crippen LogP contribution in [0.15, 0.2) is 41.4 Å². The molecule has 0 aliphatic heterocycles. The van der Waals surface area contributed by atoms with Crippen LogP contribution in [0.4, 0.5) is 18.9 Å². The second kappa shape index (κ2) is 13.0. The zero-order valence-electron chi connectivity index (χ0n) is 20.4. The lowest BCUT2D eigenvalue weighted by Gasteiger charge is -2.33. The Kier molecular flexibility index (Phi) is 10.4. The molecule has 1 unspecified atom stereocenters. The maximum atomic E-state index is 14.6. The van der Waals surface area contributed by atoms with Gasteiger partial charge in [-0.05, 0) is 43.1 Å². The molecule has 3 N–H and O–H groups in total. The van der Waals surface area contributed by atoms with E-state index in [1.165, 1.54) is 12.1 Å². The zero-order chi connectivity index (χ0) is 25.3. The van der Waals surface area contributed by atoms with Crippen LogP contribution in [0.5, 0.6) is 0 Å². The van der Waals surface area contributed by atoms with E-state index in [9.17, 15) is 18.0 Å². The third-order valence-corrected chi connectivity index (χ3v) is 5.17. The minimum absolute atomic E-state index is 0.0444. The number of rotatable bonds is 10. The quantitative estimate of drug-likeness (QED) is 0.258. The van der Waals surface area contributed by atoms with Gasteiger partial charge >= 0.3 is 0 Å². The first-order valence-corrected chi connectivity index (χ1v) is 11.5. The molecule has 2 aromatic carbocycles. The number of anilines is 1. The largest absolute Gasteiger partial charge is 0.385 e. The van der Waals surface area contributed by atoms with Gasteiger partial charge in [-0.25, -0.2) is 13.2 Å². The van der Waals surface area contributed by atoms with Gasteiger partial charge < -0.3 is 10.6 Å². The van der Waals surface area contributed by atoms with Crippen molar-refractivity contribution in [2.45, 2.75) is 40.3 Å². The Hall–Kier alpha value is -3.07. The molecule has 0 saturated heterocycles. The maximum Gasteiger partial charge on any atom is 0.258 e.